The quantitative estimate of drug-likeness (QED) is 0.650. The Kier molecular flexibility index (Phi) is 5.47. The van der Waals surface area contributed by atoms with E-state index >= 15 is 0 Å². The Bertz CT molecular complexity index is 644. The minimum absolute atomic E-state index is 0.318. The van der Waals surface area contributed by atoms with Crippen molar-refractivity contribution < 1.29 is 9.47 Å². The van der Waals surface area contributed by atoms with Crippen LogP contribution in [0.15, 0.2) is 47.4 Å². The maximum atomic E-state index is 5.88. The molecule has 110 valence electrons. The Morgan fingerprint density at radius 2 is 1.95 bits per heavy atom. The molecule has 0 aromatic heterocycles. The summed E-state index contributed by atoms with van der Waals surface area (Å²) in [6.45, 7) is 0.456. The predicted octanol–water partition coefficient (Wildman–Crippen LogP) is 3.63. The molecular formula is C16H17NO2S2. The van der Waals surface area contributed by atoms with Crippen LogP contribution in [0.4, 0.5) is 0 Å². The van der Waals surface area contributed by atoms with Gasteiger partial charge in [0.1, 0.15) is 23.1 Å². The summed E-state index contributed by atoms with van der Waals surface area (Å²) in [4.78, 5) is 1.43. The molecule has 0 radical (unpaired) electrons. The first-order chi connectivity index (χ1) is 10.2. The van der Waals surface area contributed by atoms with Gasteiger partial charge in [-0.05, 0) is 36.1 Å². The molecular weight excluding hydrogens is 302 g/mol. The SMILES string of the molecule is COc1ccc(COc2ccccc2SC)cc1C(N)=S. The van der Waals surface area contributed by atoms with Crippen molar-refractivity contribution in [2.45, 2.75) is 11.5 Å². The molecule has 0 bridgehead atoms. The van der Waals surface area contributed by atoms with Gasteiger partial charge in [0.25, 0.3) is 0 Å². The Hall–Kier alpha value is -1.72. The van der Waals surface area contributed by atoms with Crippen LogP contribution in [0.25, 0.3) is 0 Å². The first-order valence-corrected chi connectivity index (χ1v) is 8.01. The van der Waals surface area contributed by atoms with Crippen molar-refractivity contribution in [3.05, 3.63) is 53.6 Å². The van der Waals surface area contributed by atoms with Crippen molar-refractivity contribution in [2.75, 3.05) is 13.4 Å². The van der Waals surface area contributed by atoms with Gasteiger partial charge < -0.3 is 15.2 Å². The van der Waals surface area contributed by atoms with E-state index in [1.54, 1.807) is 18.9 Å². The molecule has 21 heavy (non-hydrogen) atoms. The second kappa shape index (κ2) is 7.33. The van der Waals surface area contributed by atoms with E-state index in [2.05, 4.69) is 0 Å². The van der Waals surface area contributed by atoms with E-state index in [0.29, 0.717) is 17.3 Å². The van der Waals surface area contributed by atoms with Crippen LogP contribution in [0, 0.1) is 0 Å². The number of nitrogens with two attached hydrogens (primary N) is 1. The molecule has 5 heteroatoms. The molecule has 0 aliphatic carbocycles. The highest BCUT2D eigenvalue weighted by molar-refractivity contribution is 7.98. The maximum absolute atomic E-state index is 5.88. The monoisotopic (exact) mass is 319 g/mol. The summed E-state index contributed by atoms with van der Waals surface area (Å²) in [6, 6.07) is 13.7. The minimum Gasteiger partial charge on any atom is -0.496 e. The lowest BCUT2D eigenvalue weighted by atomic mass is 10.1. The van der Waals surface area contributed by atoms with E-state index < -0.39 is 0 Å². The molecule has 0 spiro atoms. The second-order valence-electron chi connectivity index (χ2n) is 4.34. The average molecular weight is 319 g/mol. The molecule has 2 aromatic carbocycles. The lowest BCUT2D eigenvalue weighted by Gasteiger charge is -2.12. The van der Waals surface area contributed by atoms with Crippen LogP contribution in [-0.2, 0) is 6.61 Å². The number of benzene rings is 2. The van der Waals surface area contributed by atoms with Gasteiger partial charge in [0.2, 0.25) is 0 Å². The zero-order chi connectivity index (χ0) is 15.2. The van der Waals surface area contributed by atoms with Crippen LogP contribution >= 0.6 is 24.0 Å². The summed E-state index contributed by atoms with van der Waals surface area (Å²) < 4.78 is 11.1. The molecule has 0 aliphatic rings. The molecule has 2 rings (SSSR count). The summed E-state index contributed by atoms with van der Waals surface area (Å²) in [6.07, 6.45) is 2.03. The lowest BCUT2D eigenvalue weighted by molar-refractivity contribution is 0.298. The van der Waals surface area contributed by atoms with Gasteiger partial charge in [-0.3, -0.25) is 0 Å². The van der Waals surface area contributed by atoms with Crippen LogP contribution in [0.2, 0.25) is 0 Å². The molecule has 0 heterocycles. The van der Waals surface area contributed by atoms with Crippen LogP contribution < -0.4 is 15.2 Å². The van der Waals surface area contributed by atoms with Gasteiger partial charge in [-0.15, -0.1) is 11.8 Å². The first kappa shape index (κ1) is 15.7. The molecule has 0 amide bonds. The largest absolute Gasteiger partial charge is 0.496 e. The molecule has 0 atom stereocenters. The van der Waals surface area contributed by atoms with Gasteiger partial charge in [0, 0.05) is 4.90 Å². The van der Waals surface area contributed by atoms with E-state index in [-0.39, 0.29) is 0 Å². The number of ether oxygens (including phenoxy) is 2. The third kappa shape index (κ3) is 3.89. The van der Waals surface area contributed by atoms with Crippen molar-refractivity contribution >= 4 is 29.0 Å². The van der Waals surface area contributed by atoms with E-state index in [4.69, 9.17) is 27.4 Å². The van der Waals surface area contributed by atoms with Gasteiger partial charge in [0.15, 0.2) is 0 Å². The van der Waals surface area contributed by atoms with Gasteiger partial charge in [0.05, 0.1) is 12.7 Å². The highest BCUT2D eigenvalue weighted by atomic mass is 32.2. The smallest absolute Gasteiger partial charge is 0.133 e. The number of thioether (sulfide) groups is 1. The van der Waals surface area contributed by atoms with E-state index in [9.17, 15) is 0 Å². The number of hydrogen-bond donors (Lipinski definition) is 1. The fraction of sp³-hybridized carbons (Fsp3) is 0.188. The Labute approximate surface area is 134 Å². The normalized spacial score (nSPS) is 10.2. The fourth-order valence-electron chi connectivity index (χ4n) is 1.94. The molecule has 0 aliphatic heterocycles. The van der Waals surface area contributed by atoms with Gasteiger partial charge in [-0.25, -0.2) is 0 Å². The Morgan fingerprint density at radius 1 is 1.19 bits per heavy atom. The van der Waals surface area contributed by atoms with Crippen molar-refractivity contribution in [2.24, 2.45) is 5.73 Å². The van der Waals surface area contributed by atoms with Crippen LogP contribution in [0.1, 0.15) is 11.1 Å². The zero-order valence-corrected chi connectivity index (χ0v) is 13.6. The molecule has 3 nitrogen and oxygen atoms in total. The van der Waals surface area contributed by atoms with Gasteiger partial charge in [-0.2, -0.15) is 0 Å². The van der Waals surface area contributed by atoms with Crippen molar-refractivity contribution in [1.29, 1.82) is 0 Å². The third-order valence-corrected chi connectivity index (χ3v) is 3.99. The number of thiocarbonyl (C=S) groups is 1. The molecule has 0 saturated carbocycles. The molecule has 0 unspecified atom stereocenters. The lowest BCUT2D eigenvalue weighted by Crippen LogP contribution is -2.12. The number of hydrogen-bond acceptors (Lipinski definition) is 4. The number of rotatable bonds is 6. The topological polar surface area (TPSA) is 44.5 Å². The molecule has 2 aromatic rings. The first-order valence-electron chi connectivity index (χ1n) is 6.38. The Morgan fingerprint density at radius 3 is 2.62 bits per heavy atom. The summed E-state index contributed by atoms with van der Waals surface area (Å²) in [7, 11) is 1.60. The Balaban J connectivity index is 2.17. The fourth-order valence-corrected chi connectivity index (χ4v) is 2.64. The highest BCUT2D eigenvalue weighted by Gasteiger charge is 2.08. The van der Waals surface area contributed by atoms with Gasteiger partial charge in [-0.1, -0.05) is 30.4 Å². The van der Waals surface area contributed by atoms with Crippen LogP contribution in [0.5, 0.6) is 11.5 Å². The molecule has 0 saturated heterocycles. The van der Waals surface area contributed by atoms with Crippen LogP contribution in [-0.4, -0.2) is 18.4 Å². The third-order valence-electron chi connectivity index (χ3n) is 2.99. The van der Waals surface area contributed by atoms with Crippen molar-refractivity contribution in [3.8, 4) is 11.5 Å². The summed E-state index contributed by atoms with van der Waals surface area (Å²) in [5, 5.41) is 0. The zero-order valence-electron chi connectivity index (χ0n) is 12.0. The molecule has 0 fully saturated rings. The van der Waals surface area contributed by atoms with E-state index in [1.807, 2.05) is 48.7 Å². The minimum atomic E-state index is 0.318. The predicted molar refractivity (Wildman–Crippen MR) is 91.4 cm³/mol. The van der Waals surface area contributed by atoms with E-state index in [0.717, 1.165) is 21.8 Å². The standard InChI is InChI=1S/C16H17NO2S2/c1-18-13-8-7-11(9-12(13)16(17)20)10-19-14-5-3-4-6-15(14)21-2/h3-9H,10H2,1-2H3,(H2,17,20). The summed E-state index contributed by atoms with van der Waals surface area (Å²) in [5.41, 5.74) is 7.44. The van der Waals surface area contributed by atoms with Gasteiger partial charge >= 0.3 is 0 Å². The second-order valence-corrected chi connectivity index (χ2v) is 5.63. The average Bonchev–Trinajstić information content (AvgIpc) is 2.52. The summed E-state index contributed by atoms with van der Waals surface area (Å²) >= 11 is 6.71. The molecule has 2 N–H and O–H groups in total. The van der Waals surface area contributed by atoms with Crippen molar-refractivity contribution in [1.82, 2.24) is 0 Å². The van der Waals surface area contributed by atoms with Crippen LogP contribution in [0.3, 0.4) is 0 Å². The number of methoxy groups -OCH3 is 1. The maximum Gasteiger partial charge on any atom is 0.133 e. The highest BCUT2D eigenvalue weighted by Crippen LogP contribution is 2.28. The van der Waals surface area contributed by atoms with Crippen molar-refractivity contribution in [3.63, 3.8) is 0 Å². The number of para-hydroxylation sites is 1. The summed E-state index contributed by atoms with van der Waals surface area (Å²) in [5.74, 6) is 1.55. The van der Waals surface area contributed by atoms with E-state index in [1.165, 1.54) is 0 Å².